The van der Waals surface area contributed by atoms with E-state index >= 15 is 0 Å². The van der Waals surface area contributed by atoms with Gasteiger partial charge in [0.25, 0.3) is 0 Å². The molecule has 1 N–H and O–H groups in total. The monoisotopic (exact) mass is 344 g/mol. The van der Waals surface area contributed by atoms with Crippen molar-refractivity contribution in [3.8, 4) is 17.1 Å². The molecule has 2 heterocycles. The van der Waals surface area contributed by atoms with Gasteiger partial charge < -0.3 is 4.74 Å². The number of rotatable bonds is 5. The number of hydrazone groups is 1. The zero-order chi connectivity index (χ0) is 17.8. The Balaban J connectivity index is 1.56. The van der Waals surface area contributed by atoms with E-state index in [1.807, 2.05) is 66.7 Å². The summed E-state index contributed by atoms with van der Waals surface area (Å²) in [6, 6.07) is 21.1. The van der Waals surface area contributed by atoms with Crippen molar-refractivity contribution in [2.75, 3.05) is 12.5 Å². The van der Waals surface area contributed by atoms with Gasteiger partial charge in [-0.1, -0.05) is 30.3 Å². The Morgan fingerprint density at radius 2 is 1.77 bits per heavy atom. The highest BCUT2D eigenvalue weighted by atomic mass is 16.5. The Kier molecular flexibility index (Phi) is 4.26. The minimum atomic E-state index is 0.597. The first-order valence-electron chi connectivity index (χ1n) is 8.04. The van der Waals surface area contributed by atoms with E-state index in [0.29, 0.717) is 17.3 Å². The topological polar surface area (TPSA) is 76.7 Å². The lowest BCUT2D eigenvalue weighted by atomic mass is 10.2. The van der Waals surface area contributed by atoms with Crippen LogP contribution < -0.4 is 10.2 Å². The number of fused-ring (bicyclic) bond motifs is 1. The van der Waals surface area contributed by atoms with Gasteiger partial charge >= 0.3 is 0 Å². The Hall–Kier alpha value is -3.74. The Bertz CT molecular complexity index is 1040. The molecule has 2 aromatic heterocycles. The molecule has 26 heavy (non-hydrogen) atoms. The summed E-state index contributed by atoms with van der Waals surface area (Å²) in [5, 5.41) is 17.1. The molecule has 0 unspecified atom stereocenters. The second-order valence-electron chi connectivity index (χ2n) is 5.52. The number of methoxy groups -OCH3 is 1. The molecule has 0 aliphatic heterocycles. The molecule has 0 radical (unpaired) electrons. The molecule has 128 valence electrons. The fourth-order valence-corrected chi connectivity index (χ4v) is 2.48. The van der Waals surface area contributed by atoms with Crippen LogP contribution in [0.15, 0.2) is 71.8 Å². The van der Waals surface area contributed by atoms with E-state index in [1.54, 1.807) is 17.8 Å². The molecule has 4 rings (SSSR count). The van der Waals surface area contributed by atoms with Gasteiger partial charge in [-0.2, -0.15) is 9.62 Å². The molecule has 0 aliphatic rings. The van der Waals surface area contributed by atoms with Crippen LogP contribution in [0.3, 0.4) is 0 Å². The summed E-state index contributed by atoms with van der Waals surface area (Å²) in [7, 11) is 1.64. The first-order chi connectivity index (χ1) is 12.8. The van der Waals surface area contributed by atoms with Crippen LogP contribution in [0.4, 0.5) is 5.82 Å². The van der Waals surface area contributed by atoms with Crippen molar-refractivity contribution in [1.82, 2.24) is 19.8 Å². The molecule has 0 fully saturated rings. The van der Waals surface area contributed by atoms with Gasteiger partial charge in [-0.05, 0) is 42.0 Å². The lowest BCUT2D eigenvalue weighted by molar-refractivity contribution is 0.415. The van der Waals surface area contributed by atoms with E-state index in [9.17, 15) is 0 Å². The van der Waals surface area contributed by atoms with Crippen LogP contribution in [0.25, 0.3) is 17.0 Å². The summed E-state index contributed by atoms with van der Waals surface area (Å²) in [4.78, 5) is 0. The van der Waals surface area contributed by atoms with Crippen molar-refractivity contribution in [2.45, 2.75) is 0 Å². The number of nitrogens with one attached hydrogen (secondary N) is 1. The minimum absolute atomic E-state index is 0.597. The number of nitrogens with zero attached hydrogens (tertiary/aromatic N) is 5. The summed E-state index contributed by atoms with van der Waals surface area (Å²) in [6.07, 6.45) is 1.72. The first-order valence-corrected chi connectivity index (χ1v) is 8.04. The van der Waals surface area contributed by atoms with Crippen LogP contribution in [0, 0.1) is 0 Å². The van der Waals surface area contributed by atoms with Crippen molar-refractivity contribution in [3.05, 3.63) is 72.3 Å². The average Bonchev–Trinajstić information content (AvgIpc) is 3.12. The SMILES string of the molecule is COc1ccc(C=NNc2ccc3nnc(-c4ccccc4)n3n2)cc1. The average molecular weight is 344 g/mol. The van der Waals surface area contributed by atoms with E-state index in [2.05, 4.69) is 25.8 Å². The highest BCUT2D eigenvalue weighted by Gasteiger charge is 2.09. The van der Waals surface area contributed by atoms with Crippen LogP contribution in [-0.2, 0) is 0 Å². The maximum Gasteiger partial charge on any atom is 0.185 e. The number of hydrogen-bond donors (Lipinski definition) is 1. The molecule has 7 nitrogen and oxygen atoms in total. The van der Waals surface area contributed by atoms with Gasteiger partial charge in [0.05, 0.1) is 13.3 Å². The smallest absolute Gasteiger partial charge is 0.185 e. The number of aromatic nitrogens is 4. The molecule has 0 aliphatic carbocycles. The molecule has 0 amide bonds. The van der Waals surface area contributed by atoms with Crippen molar-refractivity contribution in [1.29, 1.82) is 0 Å². The van der Waals surface area contributed by atoms with Gasteiger partial charge in [0.15, 0.2) is 17.3 Å². The van der Waals surface area contributed by atoms with Crippen molar-refractivity contribution in [2.24, 2.45) is 5.10 Å². The second-order valence-corrected chi connectivity index (χ2v) is 5.52. The summed E-state index contributed by atoms with van der Waals surface area (Å²) in [5.41, 5.74) is 5.51. The van der Waals surface area contributed by atoms with Crippen molar-refractivity contribution in [3.63, 3.8) is 0 Å². The third-order valence-electron chi connectivity index (χ3n) is 3.80. The third kappa shape index (κ3) is 3.23. The van der Waals surface area contributed by atoms with Crippen LogP contribution in [0.5, 0.6) is 5.75 Å². The number of anilines is 1. The van der Waals surface area contributed by atoms with Gasteiger partial charge in [0, 0.05) is 5.56 Å². The highest BCUT2D eigenvalue weighted by molar-refractivity contribution is 5.80. The minimum Gasteiger partial charge on any atom is -0.497 e. The second kappa shape index (κ2) is 7.02. The molecule has 0 spiro atoms. The van der Waals surface area contributed by atoms with Crippen LogP contribution >= 0.6 is 0 Å². The zero-order valence-corrected chi connectivity index (χ0v) is 14.1. The van der Waals surface area contributed by atoms with E-state index in [1.165, 1.54) is 0 Å². The molecular weight excluding hydrogens is 328 g/mol. The molecule has 0 atom stereocenters. The van der Waals surface area contributed by atoms with Crippen LogP contribution in [0.1, 0.15) is 5.56 Å². The summed E-state index contributed by atoms with van der Waals surface area (Å²) < 4.78 is 6.83. The maximum atomic E-state index is 5.14. The maximum absolute atomic E-state index is 5.14. The van der Waals surface area contributed by atoms with E-state index in [0.717, 1.165) is 16.9 Å². The normalized spacial score (nSPS) is 11.1. The van der Waals surface area contributed by atoms with E-state index in [4.69, 9.17) is 4.74 Å². The molecule has 4 aromatic rings. The standard InChI is InChI=1S/C19H16N6O/c1-26-16-9-7-14(8-10-16)13-20-21-17-11-12-18-22-23-19(25(18)24-17)15-5-3-2-4-6-15/h2-13H,1H3,(H,21,24). The van der Waals surface area contributed by atoms with Gasteiger partial charge in [0.2, 0.25) is 0 Å². The molecule has 0 bridgehead atoms. The van der Waals surface area contributed by atoms with Gasteiger partial charge in [0.1, 0.15) is 5.75 Å². The summed E-state index contributed by atoms with van der Waals surface area (Å²) in [6.45, 7) is 0. The number of hydrogen-bond acceptors (Lipinski definition) is 6. The van der Waals surface area contributed by atoms with E-state index < -0.39 is 0 Å². The number of benzene rings is 2. The van der Waals surface area contributed by atoms with E-state index in [-0.39, 0.29) is 0 Å². The molecule has 0 saturated heterocycles. The Morgan fingerprint density at radius 3 is 2.54 bits per heavy atom. The molecule has 7 heteroatoms. The predicted octanol–water partition coefficient (Wildman–Crippen LogP) is 3.25. The largest absolute Gasteiger partial charge is 0.497 e. The summed E-state index contributed by atoms with van der Waals surface area (Å²) in [5.74, 6) is 2.09. The number of ether oxygens (including phenoxy) is 1. The van der Waals surface area contributed by atoms with Gasteiger partial charge in [-0.3, -0.25) is 5.43 Å². The van der Waals surface area contributed by atoms with Gasteiger partial charge in [-0.25, -0.2) is 0 Å². The quantitative estimate of drug-likeness (QED) is 0.444. The van der Waals surface area contributed by atoms with Gasteiger partial charge in [-0.15, -0.1) is 15.3 Å². The first kappa shape index (κ1) is 15.8. The molecule has 0 saturated carbocycles. The Labute approximate surface area is 150 Å². The lowest BCUT2D eigenvalue weighted by Gasteiger charge is -2.02. The molecular formula is C19H16N6O. The lowest BCUT2D eigenvalue weighted by Crippen LogP contribution is -2.00. The third-order valence-corrected chi connectivity index (χ3v) is 3.80. The van der Waals surface area contributed by atoms with Crippen molar-refractivity contribution < 1.29 is 4.74 Å². The fourth-order valence-electron chi connectivity index (χ4n) is 2.48. The van der Waals surface area contributed by atoms with Crippen molar-refractivity contribution >= 4 is 17.7 Å². The Morgan fingerprint density at radius 1 is 0.962 bits per heavy atom. The highest BCUT2D eigenvalue weighted by Crippen LogP contribution is 2.18. The van der Waals surface area contributed by atoms with Crippen LogP contribution in [0.2, 0.25) is 0 Å². The van der Waals surface area contributed by atoms with Crippen LogP contribution in [-0.4, -0.2) is 33.1 Å². The predicted molar refractivity (Wildman–Crippen MR) is 100 cm³/mol. The summed E-state index contributed by atoms with van der Waals surface area (Å²) >= 11 is 0. The molecule has 2 aromatic carbocycles. The fraction of sp³-hybridized carbons (Fsp3) is 0.0526. The zero-order valence-electron chi connectivity index (χ0n) is 14.1.